The second kappa shape index (κ2) is 12.0. The maximum Gasteiger partial charge on any atom is 0.347 e. The number of piperidine rings is 1. The first kappa shape index (κ1) is 26.3. The second-order valence-corrected chi connectivity index (χ2v) is 11.0. The van der Waals surface area contributed by atoms with E-state index in [9.17, 15) is 9.90 Å². The van der Waals surface area contributed by atoms with Gasteiger partial charge in [0.1, 0.15) is 0 Å². The van der Waals surface area contributed by atoms with Gasteiger partial charge in [0.2, 0.25) is 5.60 Å². The average molecular weight is 527 g/mol. The van der Waals surface area contributed by atoms with Crippen LogP contribution in [0.3, 0.4) is 0 Å². The molecule has 1 atom stereocenters. The largest absolute Gasteiger partial charge is 0.463 e. The van der Waals surface area contributed by atoms with Gasteiger partial charge in [0.05, 0.1) is 6.61 Å². The van der Waals surface area contributed by atoms with Crippen molar-refractivity contribution < 1.29 is 14.6 Å². The highest BCUT2D eigenvalue weighted by Gasteiger charge is 2.42. The molecule has 0 bridgehead atoms. The molecule has 1 fully saturated rings. The smallest absolute Gasteiger partial charge is 0.347 e. The van der Waals surface area contributed by atoms with Crippen LogP contribution in [0.1, 0.15) is 34.4 Å². The Morgan fingerprint density at radius 1 is 0.921 bits per heavy atom. The maximum atomic E-state index is 13.5. The van der Waals surface area contributed by atoms with Crippen LogP contribution in [0.4, 0.5) is 0 Å². The molecule has 0 saturated carbocycles. The number of carbonyl (C=O) groups excluding carboxylic acids is 1. The number of benzene rings is 3. The predicted molar refractivity (Wildman–Crippen MR) is 152 cm³/mol. The molecule has 2 heterocycles. The first-order valence-electron chi connectivity index (χ1n) is 13.2. The lowest BCUT2D eigenvalue weighted by Crippen LogP contribution is -2.40. The number of aliphatic hydroxyl groups is 1. The van der Waals surface area contributed by atoms with Gasteiger partial charge in [-0.1, -0.05) is 84.9 Å². The lowest BCUT2D eigenvalue weighted by Gasteiger charge is -2.33. The standard InChI is InChI=1S/C32H34N2O3S/c33-20-30-19-27(23-38-30)26-11-13-29(14-12-26)32(36,28-9-5-2-6-10-28)31(35)37-22-25-15-17-34(18-16-25)21-24-7-3-1-4-8-24/h1-14,19,23,25,36H,15-18,20-22,33H2/t32-/m0/s1. The number of thiophene rings is 1. The number of esters is 1. The summed E-state index contributed by atoms with van der Waals surface area (Å²) in [5.41, 5.74) is 8.27. The third-order valence-electron chi connectivity index (χ3n) is 7.38. The van der Waals surface area contributed by atoms with Gasteiger partial charge in [-0.05, 0) is 71.1 Å². The van der Waals surface area contributed by atoms with Crippen LogP contribution in [0, 0.1) is 5.92 Å². The zero-order valence-corrected chi connectivity index (χ0v) is 22.3. The molecular weight excluding hydrogens is 492 g/mol. The van der Waals surface area contributed by atoms with E-state index in [0.29, 0.717) is 24.3 Å². The molecule has 0 radical (unpaired) electrons. The van der Waals surface area contributed by atoms with E-state index in [1.807, 2.05) is 48.5 Å². The minimum atomic E-state index is -1.88. The van der Waals surface area contributed by atoms with E-state index < -0.39 is 11.6 Å². The maximum absolute atomic E-state index is 13.5. The van der Waals surface area contributed by atoms with Crippen LogP contribution >= 0.6 is 11.3 Å². The Labute approximate surface area is 228 Å². The monoisotopic (exact) mass is 526 g/mol. The summed E-state index contributed by atoms with van der Waals surface area (Å²) in [4.78, 5) is 17.1. The van der Waals surface area contributed by atoms with E-state index in [1.54, 1.807) is 23.5 Å². The second-order valence-electron chi connectivity index (χ2n) is 9.96. The molecule has 38 heavy (non-hydrogen) atoms. The normalized spacial score (nSPS) is 16.2. The van der Waals surface area contributed by atoms with Gasteiger partial charge in [-0.25, -0.2) is 4.79 Å². The van der Waals surface area contributed by atoms with Crippen molar-refractivity contribution >= 4 is 17.3 Å². The summed E-state index contributed by atoms with van der Waals surface area (Å²) >= 11 is 1.62. The third-order valence-corrected chi connectivity index (χ3v) is 8.34. The quantitative estimate of drug-likeness (QED) is 0.279. The van der Waals surface area contributed by atoms with Crippen molar-refractivity contribution in [2.45, 2.75) is 31.5 Å². The molecule has 3 aromatic carbocycles. The molecule has 0 unspecified atom stereocenters. The SMILES string of the molecule is NCc1cc(-c2ccc([C@](O)(C(=O)OCC3CCN(Cc4ccccc4)CC3)c3ccccc3)cc2)cs1. The number of carbonyl (C=O) groups is 1. The van der Waals surface area contributed by atoms with E-state index in [1.165, 1.54) is 5.56 Å². The third kappa shape index (κ3) is 5.89. The highest BCUT2D eigenvalue weighted by molar-refractivity contribution is 7.10. The average Bonchev–Trinajstić information content (AvgIpc) is 3.47. The van der Waals surface area contributed by atoms with Crippen molar-refractivity contribution in [1.29, 1.82) is 0 Å². The summed E-state index contributed by atoms with van der Waals surface area (Å²) in [7, 11) is 0. The number of nitrogens with zero attached hydrogens (tertiary/aromatic N) is 1. The highest BCUT2D eigenvalue weighted by Crippen LogP contribution is 2.34. The van der Waals surface area contributed by atoms with E-state index in [2.05, 4.69) is 40.6 Å². The number of hydrogen-bond donors (Lipinski definition) is 2. The molecule has 6 heteroatoms. The Morgan fingerprint density at radius 3 is 2.18 bits per heavy atom. The molecule has 5 nitrogen and oxygen atoms in total. The van der Waals surface area contributed by atoms with Crippen molar-refractivity contribution in [2.75, 3.05) is 19.7 Å². The molecule has 0 aliphatic carbocycles. The van der Waals surface area contributed by atoms with E-state index in [-0.39, 0.29) is 5.92 Å². The van der Waals surface area contributed by atoms with Crippen LogP contribution in [0.25, 0.3) is 11.1 Å². The summed E-state index contributed by atoms with van der Waals surface area (Å²) < 4.78 is 5.82. The van der Waals surface area contributed by atoms with Crippen LogP contribution in [0.5, 0.6) is 0 Å². The highest BCUT2D eigenvalue weighted by atomic mass is 32.1. The fraction of sp³-hybridized carbons (Fsp3) is 0.281. The molecule has 3 N–H and O–H groups in total. The Morgan fingerprint density at radius 2 is 1.55 bits per heavy atom. The van der Waals surface area contributed by atoms with E-state index >= 15 is 0 Å². The fourth-order valence-corrected chi connectivity index (χ4v) is 5.85. The molecule has 5 rings (SSSR count). The van der Waals surface area contributed by atoms with Crippen molar-refractivity contribution in [2.24, 2.45) is 11.7 Å². The fourth-order valence-electron chi connectivity index (χ4n) is 5.08. The topological polar surface area (TPSA) is 75.8 Å². The van der Waals surface area contributed by atoms with Gasteiger partial charge in [-0.2, -0.15) is 0 Å². The Kier molecular flexibility index (Phi) is 8.35. The predicted octanol–water partition coefficient (Wildman–Crippen LogP) is 5.57. The number of ether oxygens (including phenoxy) is 1. The number of likely N-dealkylation sites (tertiary alicyclic amines) is 1. The number of nitrogens with two attached hydrogens (primary N) is 1. The van der Waals surface area contributed by atoms with Gasteiger partial charge >= 0.3 is 5.97 Å². The number of hydrogen-bond acceptors (Lipinski definition) is 6. The van der Waals surface area contributed by atoms with Crippen LogP contribution in [-0.2, 0) is 28.2 Å². The van der Waals surface area contributed by atoms with Gasteiger partial charge in [0.25, 0.3) is 0 Å². The van der Waals surface area contributed by atoms with Gasteiger partial charge in [0, 0.05) is 18.0 Å². The van der Waals surface area contributed by atoms with Gasteiger partial charge in [-0.15, -0.1) is 11.3 Å². The molecule has 1 saturated heterocycles. The van der Waals surface area contributed by atoms with Crippen molar-refractivity contribution in [3.8, 4) is 11.1 Å². The molecule has 4 aromatic rings. The minimum absolute atomic E-state index is 0.281. The number of rotatable bonds is 9. The molecule has 1 aromatic heterocycles. The first-order valence-corrected chi connectivity index (χ1v) is 14.0. The van der Waals surface area contributed by atoms with E-state index in [4.69, 9.17) is 10.5 Å². The van der Waals surface area contributed by atoms with Crippen LogP contribution in [0.2, 0.25) is 0 Å². The van der Waals surface area contributed by atoms with Crippen molar-refractivity contribution in [3.05, 3.63) is 118 Å². The Bertz CT molecular complexity index is 1320. The summed E-state index contributed by atoms with van der Waals surface area (Å²) in [6.45, 7) is 3.69. The molecule has 0 spiro atoms. The summed E-state index contributed by atoms with van der Waals surface area (Å²) in [5, 5.41) is 13.9. The molecule has 0 amide bonds. The van der Waals surface area contributed by atoms with Crippen molar-refractivity contribution in [1.82, 2.24) is 4.90 Å². The molecule has 1 aliphatic heterocycles. The zero-order chi connectivity index (χ0) is 26.4. The summed E-state index contributed by atoms with van der Waals surface area (Å²) in [5.74, 6) is -0.354. The van der Waals surface area contributed by atoms with E-state index in [0.717, 1.165) is 48.5 Å². The summed E-state index contributed by atoms with van der Waals surface area (Å²) in [6, 6.07) is 29.1. The van der Waals surface area contributed by atoms with Gasteiger partial charge in [0.15, 0.2) is 0 Å². The lowest BCUT2D eigenvalue weighted by molar-refractivity contribution is -0.164. The Hall–Kier alpha value is -3.29. The molecule has 1 aliphatic rings. The van der Waals surface area contributed by atoms with Crippen LogP contribution in [-0.4, -0.2) is 35.7 Å². The summed E-state index contributed by atoms with van der Waals surface area (Å²) in [6.07, 6.45) is 1.92. The Balaban J connectivity index is 1.26. The van der Waals surface area contributed by atoms with Crippen LogP contribution < -0.4 is 5.73 Å². The molecule has 196 valence electrons. The van der Waals surface area contributed by atoms with Gasteiger partial charge < -0.3 is 15.6 Å². The zero-order valence-electron chi connectivity index (χ0n) is 21.5. The van der Waals surface area contributed by atoms with Crippen molar-refractivity contribution in [3.63, 3.8) is 0 Å². The van der Waals surface area contributed by atoms with Gasteiger partial charge in [-0.3, -0.25) is 4.90 Å². The molecular formula is C32H34N2O3S. The minimum Gasteiger partial charge on any atom is -0.463 e. The van der Waals surface area contributed by atoms with Crippen LogP contribution in [0.15, 0.2) is 96.4 Å². The first-order chi connectivity index (χ1) is 18.6. The lowest BCUT2D eigenvalue weighted by atomic mass is 9.85.